The number of aliphatic hydroxyl groups is 2. The highest BCUT2D eigenvalue weighted by Crippen LogP contribution is 2.47. The molecule has 4 rings (SSSR count). The summed E-state index contributed by atoms with van der Waals surface area (Å²) >= 11 is 0. The number of rotatable bonds is 13. The number of carbonyl (C=O) groups excluding carboxylic acids is 1. The molecule has 3 heterocycles. The minimum absolute atomic E-state index is 0.00736. The summed E-state index contributed by atoms with van der Waals surface area (Å²) in [6.07, 6.45) is -3.51. The van der Waals surface area contributed by atoms with Crippen LogP contribution in [0.1, 0.15) is 42.0 Å². The van der Waals surface area contributed by atoms with Gasteiger partial charge in [0.1, 0.15) is 48.0 Å². The lowest BCUT2D eigenvalue weighted by atomic mass is 9.92. The van der Waals surface area contributed by atoms with Crippen LogP contribution in [0.3, 0.4) is 0 Å². The Morgan fingerprint density at radius 2 is 2.02 bits per heavy atom. The third-order valence-corrected chi connectivity index (χ3v) is 8.47. The lowest BCUT2D eigenvalue weighted by Crippen LogP contribution is -2.41. The van der Waals surface area contributed by atoms with Crippen molar-refractivity contribution < 1.29 is 40.8 Å². The maximum atomic E-state index is 14.1. The Morgan fingerprint density at radius 1 is 1.31 bits per heavy atom. The normalized spacial score (nSPS) is 25.3. The van der Waals surface area contributed by atoms with Crippen LogP contribution in [0.25, 0.3) is 5.52 Å². The van der Waals surface area contributed by atoms with Crippen molar-refractivity contribution in [1.29, 1.82) is 5.26 Å². The number of nitriles is 1. The molecule has 1 saturated heterocycles. The van der Waals surface area contributed by atoms with Crippen LogP contribution in [0.15, 0.2) is 48.8 Å². The summed E-state index contributed by atoms with van der Waals surface area (Å²) in [5.41, 5.74) is 3.70. The fourth-order valence-electron chi connectivity index (χ4n) is 4.39. The first-order valence-corrected chi connectivity index (χ1v) is 14.9. The molecule has 5 N–H and O–H groups in total. The first-order chi connectivity index (χ1) is 20.8. The van der Waals surface area contributed by atoms with Crippen LogP contribution in [0.2, 0.25) is 0 Å². The molecule has 1 aliphatic rings. The second-order valence-corrected chi connectivity index (χ2v) is 11.4. The van der Waals surface area contributed by atoms with Crippen LogP contribution >= 0.6 is 7.75 Å². The molecule has 14 nitrogen and oxygen atoms in total. The molecule has 1 aromatic carbocycles. The molecule has 0 aliphatic carbocycles. The van der Waals surface area contributed by atoms with Gasteiger partial charge in [-0.15, -0.1) is 0 Å². The Morgan fingerprint density at radius 3 is 2.69 bits per heavy atom. The van der Waals surface area contributed by atoms with Crippen LogP contribution in [0.4, 0.5) is 5.82 Å². The highest BCUT2D eigenvalue weighted by atomic mass is 31.2. The lowest BCUT2D eigenvalue weighted by molar-refractivity contribution is -0.146. The molecule has 1 fully saturated rings. The van der Waals surface area contributed by atoms with Crippen LogP contribution in [0.5, 0.6) is 5.75 Å². The van der Waals surface area contributed by atoms with E-state index in [-0.39, 0.29) is 35.3 Å². The number of esters is 1. The van der Waals surface area contributed by atoms with Crippen LogP contribution in [0, 0.1) is 17.2 Å². The van der Waals surface area contributed by atoms with Crippen molar-refractivity contribution in [3.05, 3.63) is 54.5 Å². The van der Waals surface area contributed by atoms with E-state index in [2.05, 4.69) is 15.2 Å². The van der Waals surface area contributed by atoms with Crippen molar-refractivity contribution >= 4 is 25.1 Å². The van der Waals surface area contributed by atoms with E-state index in [1.165, 1.54) is 35.7 Å². The lowest BCUT2D eigenvalue weighted by Gasteiger charge is -2.25. The summed E-state index contributed by atoms with van der Waals surface area (Å²) in [7, 11) is -4.81. The van der Waals surface area contributed by atoms with E-state index in [0.717, 1.165) is 19.2 Å². The number of carbonyl (C=O) groups is 1. The number of aromatic nitrogens is 3. The van der Waals surface area contributed by atoms with Crippen LogP contribution in [-0.2, 0) is 29.0 Å². The van der Waals surface area contributed by atoms with Gasteiger partial charge in [0.05, 0.1) is 21.6 Å². The van der Waals surface area contributed by atoms with Gasteiger partial charge < -0.3 is 29.9 Å². The summed E-state index contributed by atoms with van der Waals surface area (Å²) in [5, 5.41) is 38.6. The van der Waals surface area contributed by atoms with Crippen molar-refractivity contribution in [3.63, 3.8) is 0 Å². The highest BCUT2D eigenvalue weighted by Gasteiger charge is 2.58. The van der Waals surface area contributed by atoms with E-state index in [9.17, 15) is 24.8 Å². The first-order valence-electron chi connectivity index (χ1n) is 14.3. The molecule has 3 aromatic rings. The molecule has 6 atom stereocenters. The fraction of sp³-hybridized carbons (Fsp3) is 0.481. The minimum atomic E-state index is -4.81. The van der Waals surface area contributed by atoms with Gasteiger partial charge in [0.2, 0.25) is 5.60 Å². The van der Waals surface area contributed by atoms with Gasteiger partial charge in [0, 0.05) is 0 Å². The number of nitrogens with one attached hydrogen (secondary N) is 1. The molecule has 15 heteroatoms. The maximum Gasteiger partial charge on any atom is 0.459 e. The van der Waals surface area contributed by atoms with E-state index in [1.807, 2.05) is 13.8 Å². The smallest absolute Gasteiger partial charge is 0.459 e. The molecule has 1 aliphatic heterocycles. The number of hydrogen-bond acceptors (Lipinski definition) is 12. The number of hydrogen-bond donors (Lipinski definition) is 4. The summed E-state index contributed by atoms with van der Waals surface area (Å²) in [5.74, 6) is -0.596. The summed E-state index contributed by atoms with van der Waals surface area (Å²) in [4.78, 5) is 16.6. The molecule has 0 bridgehead atoms. The number of aliphatic hydroxyl groups excluding tert-OH is 2. The molecular weight excluding hydrogens is 567 g/mol. The third-order valence-electron chi connectivity index (χ3n) is 6.97. The first kappa shape index (κ1) is 28.5. The second-order valence-electron chi connectivity index (χ2n) is 9.76. The Kier molecular flexibility index (Phi) is 8.95. The summed E-state index contributed by atoms with van der Waals surface area (Å²) in [6.45, 7) is 2.20. The van der Waals surface area contributed by atoms with Gasteiger partial charge in [-0.3, -0.25) is 9.32 Å². The fourth-order valence-corrected chi connectivity index (χ4v) is 5.75. The maximum absolute atomic E-state index is 14.1. The van der Waals surface area contributed by atoms with Gasteiger partial charge in [-0.25, -0.2) is 14.1 Å². The van der Waals surface area contributed by atoms with Gasteiger partial charge in [-0.2, -0.15) is 15.4 Å². The Bertz CT molecular complexity index is 1550. The van der Waals surface area contributed by atoms with Crippen molar-refractivity contribution in [1.82, 2.24) is 19.7 Å². The SMILES string of the molecule is [2H]C([2H])(O[P@@](=O)(N[C@@H](C)C(=O)OCC(CC)CC)Oc1ccccc1)[C@H]1O[C@@](C#N)(c2ccc3c(N)ncnn23)[C@H](O)[C@@H]1O. The number of nitrogens with zero attached hydrogens (tertiary/aromatic N) is 4. The molecule has 42 heavy (non-hydrogen) atoms. The number of fused-ring (bicyclic) bond motifs is 1. The minimum Gasteiger partial charge on any atom is -0.464 e. The van der Waals surface area contributed by atoms with E-state index < -0.39 is 50.2 Å². The zero-order valence-corrected chi connectivity index (χ0v) is 24.2. The number of para-hydroxylation sites is 1. The quantitative estimate of drug-likeness (QED) is 0.164. The Hall–Kier alpha value is -3.57. The Balaban J connectivity index is 1.63. The highest BCUT2D eigenvalue weighted by molar-refractivity contribution is 7.52. The molecule has 0 spiro atoms. The van der Waals surface area contributed by atoms with Gasteiger partial charge >= 0.3 is 13.7 Å². The third kappa shape index (κ3) is 6.42. The average molecular weight is 605 g/mol. The van der Waals surface area contributed by atoms with Gasteiger partial charge in [-0.05, 0) is 37.1 Å². The van der Waals surface area contributed by atoms with Gasteiger partial charge in [0.15, 0.2) is 5.82 Å². The largest absolute Gasteiger partial charge is 0.464 e. The average Bonchev–Trinajstić information content (AvgIpc) is 3.54. The molecule has 0 unspecified atom stereocenters. The molecule has 2 aromatic heterocycles. The van der Waals surface area contributed by atoms with E-state index >= 15 is 0 Å². The molecule has 0 amide bonds. The van der Waals surface area contributed by atoms with Crippen molar-refractivity contribution in [2.45, 2.75) is 63.6 Å². The van der Waals surface area contributed by atoms with E-state index in [4.69, 9.17) is 27.0 Å². The number of benzene rings is 1. The zero-order chi connectivity index (χ0) is 32.3. The zero-order valence-electron chi connectivity index (χ0n) is 25.3. The van der Waals surface area contributed by atoms with Crippen molar-refractivity contribution in [2.75, 3.05) is 18.9 Å². The van der Waals surface area contributed by atoms with E-state index in [0.29, 0.717) is 0 Å². The van der Waals surface area contributed by atoms with Crippen LogP contribution in [-0.4, -0.2) is 68.3 Å². The second kappa shape index (κ2) is 13.2. The summed E-state index contributed by atoms with van der Waals surface area (Å²) in [6, 6.07) is 11.0. The molecule has 0 radical (unpaired) electrons. The monoisotopic (exact) mass is 604 g/mol. The molecule has 226 valence electrons. The number of anilines is 1. The van der Waals surface area contributed by atoms with Crippen molar-refractivity contribution in [2.24, 2.45) is 5.92 Å². The Labute approximate surface area is 245 Å². The van der Waals surface area contributed by atoms with Gasteiger partial charge in [0.25, 0.3) is 0 Å². The van der Waals surface area contributed by atoms with E-state index in [1.54, 1.807) is 24.3 Å². The van der Waals surface area contributed by atoms with Crippen molar-refractivity contribution in [3.8, 4) is 11.8 Å². The molecule has 0 saturated carbocycles. The van der Waals surface area contributed by atoms with Gasteiger partial charge in [-0.1, -0.05) is 44.9 Å². The number of nitrogens with two attached hydrogens (primary N) is 1. The topological polar surface area (TPSA) is 204 Å². The summed E-state index contributed by atoms with van der Waals surface area (Å²) < 4.78 is 54.6. The predicted octanol–water partition coefficient (Wildman–Crippen LogP) is 2.31. The number of ether oxygens (including phenoxy) is 2. The standard InChI is InChI=1S/C27H35N6O8P/c1-4-18(5-2)13-38-26(36)17(3)32-42(37,41-19-9-7-6-8-10-19)39-14-21-23(34)24(35)27(15-28,40-21)22-12-11-20-25(29)30-16-31-33(20)22/h6-12,16-18,21,23-24,34-35H,4-5,13-14H2,1-3H3,(H,32,37)(H2,29,30,31)/t17-,21+,23+,24+,27-,42-/m0/s1/i14D2. The van der Waals surface area contributed by atoms with Crippen LogP contribution < -0.4 is 15.3 Å². The number of nitrogen functional groups attached to an aromatic ring is 1. The molecular formula is C27H35N6O8P. The predicted molar refractivity (Wildman–Crippen MR) is 150 cm³/mol.